The van der Waals surface area contributed by atoms with Gasteiger partial charge >= 0.3 is 0 Å². The number of benzene rings is 2. The van der Waals surface area contributed by atoms with E-state index >= 15 is 0 Å². The van der Waals surface area contributed by atoms with Crippen molar-refractivity contribution in [2.24, 2.45) is 0 Å². The first kappa shape index (κ1) is 15.4. The van der Waals surface area contributed by atoms with Gasteiger partial charge in [0, 0.05) is 11.1 Å². The number of hydrogen-bond acceptors (Lipinski definition) is 4. The summed E-state index contributed by atoms with van der Waals surface area (Å²) >= 11 is 0. The summed E-state index contributed by atoms with van der Waals surface area (Å²) in [4.78, 5) is 20.9. The normalized spacial score (nSPS) is 9.10. The highest BCUT2D eigenvalue weighted by Gasteiger charge is 1.94. The number of Topliss-reactive ketones (excluding diaryl/α,β-unsaturated/α-hetero) is 1. The lowest BCUT2D eigenvalue weighted by Crippen LogP contribution is -2.21. The van der Waals surface area contributed by atoms with E-state index in [0.717, 1.165) is 5.56 Å². The van der Waals surface area contributed by atoms with Gasteiger partial charge < -0.3 is 14.6 Å². The van der Waals surface area contributed by atoms with Gasteiger partial charge in [-0.3, -0.25) is 4.79 Å². The van der Waals surface area contributed by atoms with Gasteiger partial charge in [0.05, 0.1) is 13.1 Å². The zero-order valence-electron chi connectivity index (χ0n) is 11.3. The molecule has 2 aromatic rings. The van der Waals surface area contributed by atoms with Crippen molar-refractivity contribution in [3.05, 3.63) is 65.7 Å². The number of ketones is 1. The van der Waals surface area contributed by atoms with E-state index in [9.17, 15) is 14.7 Å². The summed E-state index contributed by atoms with van der Waals surface area (Å²) in [6, 6.07) is 15.4. The highest BCUT2D eigenvalue weighted by Crippen LogP contribution is 2.11. The lowest BCUT2D eigenvalue weighted by atomic mass is 10.2. The summed E-state index contributed by atoms with van der Waals surface area (Å²) < 4.78 is 4.81. The molecule has 0 radical (unpaired) electrons. The molecule has 4 nitrogen and oxygen atoms in total. The van der Waals surface area contributed by atoms with Crippen LogP contribution in [0, 0.1) is 0 Å². The molecule has 0 saturated carbocycles. The highest BCUT2D eigenvalue weighted by atomic mass is 16.5. The molecular formula is C16H15O4-. The number of carboxylic acids is 1. The summed E-state index contributed by atoms with van der Waals surface area (Å²) in [5.74, 6) is -0.550. The van der Waals surface area contributed by atoms with E-state index in [1.54, 1.807) is 19.1 Å². The van der Waals surface area contributed by atoms with Gasteiger partial charge in [0.25, 0.3) is 0 Å². The largest absolute Gasteiger partial charge is 0.545 e. The number of ether oxygens (including phenoxy) is 1. The molecule has 0 atom stereocenters. The molecule has 0 saturated heterocycles. The minimum atomic E-state index is -1.19. The predicted molar refractivity (Wildman–Crippen MR) is 73.8 cm³/mol. The number of aromatic carboxylic acids is 1. The molecule has 0 heterocycles. The second-order valence-electron chi connectivity index (χ2n) is 3.94. The zero-order valence-corrected chi connectivity index (χ0v) is 11.3. The Balaban J connectivity index is 0.000000204. The molecule has 0 amide bonds. The monoisotopic (exact) mass is 271 g/mol. The first-order chi connectivity index (χ1) is 9.54. The van der Waals surface area contributed by atoms with Crippen LogP contribution in [0.25, 0.3) is 0 Å². The van der Waals surface area contributed by atoms with Crippen LogP contribution in [0.1, 0.15) is 27.6 Å². The molecule has 0 bridgehead atoms. The lowest BCUT2D eigenvalue weighted by Gasteiger charge is -2.03. The van der Waals surface area contributed by atoms with Crippen LogP contribution in [-0.2, 0) is 0 Å². The summed E-state index contributed by atoms with van der Waals surface area (Å²) in [6.07, 6.45) is 0. The fraction of sp³-hybridized carbons (Fsp3) is 0.125. The first-order valence-electron chi connectivity index (χ1n) is 5.96. The van der Waals surface area contributed by atoms with Crippen molar-refractivity contribution in [1.29, 1.82) is 0 Å². The van der Waals surface area contributed by atoms with Crippen LogP contribution >= 0.6 is 0 Å². The SMILES string of the molecule is CC(=O)c1ccccc1.COc1cccc(C(=O)[O-])c1. The van der Waals surface area contributed by atoms with Gasteiger partial charge in [0.15, 0.2) is 5.78 Å². The molecule has 2 aromatic carbocycles. The molecule has 104 valence electrons. The van der Waals surface area contributed by atoms with Crippen molar-refractivity contribution < 1.29 is 19.4 Å². The third-order valence-electron chi connectivity index (χ3n) is 2.49. The van der Waals surface area contributed by atoms with Crippen molar-refractivity contribution in [3.63, 3.8) is 0 Å². The topological polar surface area (TPSA) is 66.4 Å². The molecule has 0 aliphatic rings. The Labute approximate surface area is 117 Å². The highest BCUT2D eigenvalue weighted by molar-refractivity contribution is 5.93. The Morgan fingerprint density at radius 2 is 1.55 bits per heavy atom. The van der Waals surface area contributed by atoms with Crippen LogP contribution in [0.2, 0.25) is 0 Å². The molecule has 0 aliphatic heterocycles. The molecular weight excluding hydrogens is 256 g/mol. The van der Waals surface area contributed by atoms with Gasteiger partial charge in [-0.15, -0.1) is 0 Å². The maximum absolute atomic E-state index is 10.6. The van der Waals surface area contributed by atoms with E-state index in [0.29, 0.717) is 5.75 Å². The van der Waals surface area contributed by atoms with E-state index in [-0.39, 0.29) is 11.3 Å². The molecule has 2 rings (SSSR count). The van der Waals surface area contributed by atoms with E-state index < -0.39 is 5.97 Å². The van der Waals surface area contributed by atoms with E-state index in [2.05, 4.69) is 0 Å². The lowest BCUT2D eigenvalue weighted by molar-refractivity contribution is -0.255. The zero-order chi connectivity index (χ0) is 15.0. The third kappa shape index (κ3) is 4.94. The van der Waals surface area contributed by atoms with Crippen LogP contribution in [0.15, 0.2) is 54.6 Å². The Morgan fingerprint density at radius 3 is 2.00 bits per heavy atom. The quantitative estimate of drug-likeness (QED) is 0.800. The number of carboxylic acid groups (broad SMARTS) is 1. The Morgan fingerprint density at radius 1 is 0.950 bits per heavy atom. The summed E-state index contributed by atoms with van der Waals surface area (Å²) in [5.41, 5.74) is 0.904. The average molecular weight is 271 g/mol. The second kappa shape index (κ2) is 7.74. The fourth-order valence-corrected chi connectivity index (χ4v) is 1.42. The van der Waals surface area contributed by atoms with Gasteiger partial charge in [-0.2, -0.15) is 0 Å². The molecule has 0 aromatic heterocycles. The summed E-state index contributed by atoms with van der Waals surface area (Å²) in [7, 11) is 1.48. The molecule has 20 heavy (non-hydrogen) atoms. The van der Waals surface area contributed by atoms with Crippen molar-refractivity contribution in [2.75, 3.05) is 7.11 Å². The van der Waals surface area contributed by atoms with E-state index in [1.165, 1.54) is 19.2 Å². The second-order valence-corrected chi connectivity index (χ2v) is 3.94. The van der Waals surface area contributed by atoms with Crippen LogP contribution < -0.4 is 9.84 Å². The first-order valence-corrected chi connectivity index (χ1v) is 5.96. The van der Waals surface area contributed by atoms with Gasteiger partial charge in [-0.25, -0.2) is 0 Å². The third-order valence-corrected chi connectivity index (χ3v) is 2.49. The van der Waals surface area contributed by atoms with E-state index in [4.69, 9.17) is 4.74 Å². The van der Waals surface area contributed by atoms with Gasteiger partial charge in [-0.1, -0.05) is 42.5 Å². The van der Waals surface area contributed by atoms with Crippen LogP contribution in [0.5, 0.6) is 5.75 Å². The van der Waals surface area contributed by atoms with E-state index in [1.807, 2.05) is 30.3 Å². The maximum Gasteiger partial charge on any atom is 0.159 e. The predicted octanol–water partition coefficient (Wildman–Crippen LogP) is 1.95. The number of methoxy groups -OCH3 is 1. The number of rotatable bonds is 3. The van der Waals surface area contributed by atoms with Crippen molar-refractivity contribution >= 4 is 11.8 Å². The Hall–Kier alpha value is -2.62. The Kier molecular flexibility index (Phi) is 5.97. The molecule has 0 N–H and O–H groups in total. The van der Waals surface area contributed by atoms with Crippen LogP contribution in [-0.4, -0.2) is 18.9 Å². The standard InChI is InChI=1S/C8H8O3.C8H8O/c1-11-7-4-2-3-6(5-7)8(9)10;1-7(9)8-5-3-2-4-6-8/h2-5H,1H3,(H,9,10);2-6H,1H3/p-1. The van der Waals surface area contributed by atoms with Gasteiger partial charge in [0.1, 0.15) is 5.75 Å². The average Bonchev–Trinajstić information content (AvgIpc) is 2.49. The van der Waals surface area contributed by atoms with Gasteiger partial charge in [-0.05, 0) is 19.1 Å². The minimum absolute atomic E-state index is 0.121. The van der Waals surface area contributed by atoms with Gasteiger partial charge in [0.2, 0.25) is 0 Å². The van der Waals surface area contributed by atoms with Crippen molar-refractivity contribution in [3.8, 4) is 5.75 Å². The van der Waals surface area contributed by atoms with Crippen LogP contribution in [0.4, 0.5) is 0 Å². The van der Waals surface area contributed by atoms with Crippen molar-refractivity contribution in [1.82, 2.24) is 0 Å². The van der Waals surface area contributed by atoms with Crippen molar-refractivity contribution in [2.45, 2.75) is 6.92 Å². The number of carbonyl (C=O) groups excluding carboxylic acids is 2. The minimum Gasteiger partial charge on any atom is -0.545 e. The van der Waals surface area contributed by atoms with Crippen LogP contribution in [0.3, 0.4) is 0 Å². The fourth-order valence-electron chi connectivity index (χ4n) is 1.42. The number of carbonyl (C=O) groups is 2. The molecule has 0 aliphatic carbocycles. The Bertz CT molecular complexity index is 576. The summed E-state index contributed by atoms with van der Waals surface area (Å²) in [5, 5.41) is 10.3. The molecule has 0 unspecified atom stereocenters. The molecule has 4 heteroatoms. The smallest absolute Gasteiger partial charge is 0.159 e. The number of hydrogen-bond donors (Lipinski definition) is 0. The molecule has 0 spiro atoms. The molecule has 0 fully saturated rings. The maximum atomic E-state index is 10.6. The summed E-state index contributed by atoms with van der Waals surface area (Å²) in [6.45, 7) is 1.56.